The van der Waals surface area contributed by atoms with Gasteiger partial charge in [0.05, 0.1) is 31.8 Å². The van der Waals surface area contributed by atoms with Crippen LogP contribution in [0.2, 0.25) is 0 Å². The maximum atomic E-state index is 11.9. The molecule has 3 aromatic rings. The molecule has 218 valence electrons. The first-order valence-electron chi connectivity index (χ1n) is 13.7. The van der Waals surface area contributed by atoms with E-state index in [4.69, 9.17) is 14.6 Å². The molecule has 0 radical (unpaired) electrons. The first kappa shape index (κ1) is 30.7. The fourth-order valence-corrected chi connectivity index (χ4v) is 5.69. The molecule has 9 heteroatoms. The molecule has 1 amide bonds. The lowest BCUT2D eigenvalue weighted by Crippen LogP contribution is -2.38. The van der Waals surface area contributed by atoms with Gasteiger partial charge in [0.25, 0.3) is 0 Å². The van der Waals surface area contributed by atoms with Gasteiger partial charge in [0.1, 0.15) is 0 Å². The Kier molecular flexibility index (Phi) is 11.4. The summed E-state index contributed by atoms with van der Waals surface area (Å²) in [4.78, 5) is 22.6. The summed E-state index contributed by atoms with van der Waals surface area (Å²) >= 11 is 1.66. The van der Waals surface area contributed by atoms with Gasteiger partial charge in [-0.3, -0.25) is 9.59 Å². The molecule has 0 unspecified atom stereocenters. The molecule has 8 nitrogen and oxygen atoms in total. The van der Waals surface area contributed by atoms with Crippen LogP contribution in [-0.4, -0.2) is 51.4 Å². The number of aliphatic hydroxyl groups excluding tert-OH is 2. The molecule has 0 spiro atoms. The number of thioether (sulfide) groups is 1. The average Bonchev–Trinajstić information content (AvgIpc) is 3.00. The number of carbonyl (C=O) groups excluding carboxylic acids is 1. The molecule has 1 aliphatic rings. The van der Waals surface area contributed by atoms with Gasteiger partial charge in [-0.25, -0.2) is 0 Å². The number of carboxylic acids is 1. The van der Waals surface area contributed by atoms with E-state index in [1.54, 1.807) is 11.8 Å². The topological polar surface area (TPSA) is 125 Å². The van der Waals surface area contributed by atoms with E-state index in [0.717, 1.165) is 39.1 Å². The molecule has 4 rings (SSSR count). The normalized spacial score (nSPS) is 20.5. The zero-order valence-corrected chi connectivity index (χ0v) is 23.9. The van der Waals surface area contributed by atoms with E-state index in [1.165, 1.54) is 0 Å². The van der Waals surface area contributed by atoms with Gasteiger partial charge in [0.2, 0.25) is 5.91 Å². The van der Waals surface area contributed by atoms with Crippen molar-refractivity contribution in [3.63, 3.8) is 0 Å². The molecule has 4 atom stereocenters. The largest absolute Gasteiger partial charge is 0.481 e. The van der Waals surface area contributed by atoms with Crippen LogP contribution in [0.3, 0.4) is 0 Å². The second-order valence-corrected chi connectivity index (χ2v) is 11.3. The fraction of sp³-hybridized carbons (Fsp3) is 0.375. The monoisotopic (exact) mass is 579 g/mol. The third kappa shape index (κ3) is 8.64. The standard InChI is InChI=1S/C32H37NO7S/c1-21-28(20-41-16-15-34)39-32(40-31(21)25-7-5-22(19-35)6-8-25)26-11-9-24(10-12-26)27-4-2-3-23(17-27)18-33-29(36)13-14-30(37)38/h2-12,17,21,28,31-32,34-35H,13-16,18-20H2,1H3,(H,33,36)(H,37,38)/t21-,28+,31+,32+/m0/s1. The number of nitrogens with one attached hydrogen (secondary N) is 1. The summed E-state index contributed by atoms with van der Waals surface area (Å²) in [6.45, 7) is 2.56. The van der Waals surface area contributed by atoms with Gasteiger partial charge >= 0.3 is 5.97 Å². The van der Waals surface area contributed by atoms with Crippen LogP contribution in [0.1, 0.15) is 54.4 Å². The van der Waals surface area contributed by atoms with Crippen molar-refractivity contribution in [3.05, 3.63) is 95.1 Å². The van der Waals surface area contributed by atoms with Crippen molar-refractivity contribution in [3.8, 4) is 11.1 Å². The predicted octanol–water partition coefficient (Wildman–Crippen LogP) is 4.84. The van der Waals surface area contributed by atoms with Gasteiger partial charge in [-0.2, -0.15) is 11.8 Å². The molecule has 0 bridgehead atoms. The maximum Gasteiger partial charge on any atom is 0.303 e. The van der Waals surface area contributed by atoms with Gasteiger partial charge in [-0.05, 0) is 33.9 Å². The Morgan fingerprint density at radius 3 is 2.29 bits per heavy atom. The molecule has 1 fully saturated rings. The number of benzene rings is 3. The zero-order chi connectivity index (χ0) is 29.2. The lowest BCUT2D eigenvalue weighted by Gasteiger charge is -2.41. The number of ether oxygens (including phenoxy) is 2. The predicted molar refractivity (Wildman–Crippen MR) is 158 cm³/mol. The van der Waals surface area contributed by atoms with Gasteiger partial charge in [-0.15, -0.1) is 0 Å². The number of hydrogen-bond acceptors (Lipinski definition) is 7. The van der Waals surface area contributed by atoms with Gasteiger partial charge in [0.15, 0.2) is 6.29 Å². The Morgan fingerprint density at radius 2 is 1.61 bits per heavy atom. The molecule has 1 saturated heterocycles. The molecular weight excluding hydrogens is 542 g/mol. The van der Waals surface area contributed by atoms with E-state index < -0.39 is 12.3 Å². The number of rotatable bonds is 13. The van der Waals surface area contributed by atoms with Crippen LogP contribution in [0.25, 0.3) is 11.1 Å². The van der Waals surface area contributed by atoms with E-state index in [-0.39, 0.29) is 50.1 Å². The van der Waals surface area contributed by atoms with Gasteiger partial charge < -0.3 is 30.1 Å². The Labute approximate surface area is 244 Å². The summed E-state index contributed by atoms with van der Waals surface area (Å²) in [5.41, 5.74) is 5.69. The molecule has 0 aliphatic carbocycles. The Bertz CT molecular complexity index is 1280. The van der Waals surface area contributed by atoms with E-state index in [0.29, 0.717) is 12.3 Å². The first-order chi connectivity index (χ1) is 19.9. The number of carboxylic acid groups (broad SMARTS) is 1. The molecule has 0 saturated carbocycles. The number of hydrogen-bond donors (Lipinski definition) is 4. The average molecular weight is 580 g/mol. The number of carbonyl (C=O) groups is 2. The summed E-state index contributed by atoms with van der Waals surface area (Å²) < 4.78 is 13.0. The molecule has 0 aromatic heterocycles. The molecular formula is C32H37NO7S. The second kappa shape index (κ2) is 15.1. The van der Waals surface area contributed by atoms with Crippen LogP contribution in [0.4, 0.5) is 0 Å². The van der Waals surface area contributed by atoms with Gasteiger partial charge in [0, 0.05) is 36.0 Å². The highest BCUT2D eigenvalue weighted by molar-refractivity contribution is 7.99. The molecule has 1 aliphatic heterocycles. The third-order valence-corrected chi connectivity index (χ3v) is 8.18. The lowest BCUT2D eigenvalue weighted by molar-refractivity contribution is -0.268. The second-order valence-electron chi connectivity index (χ2n) is 10.1. The Balaban J connectivity index is 1.47. The highest BCUT2D eigenvalue weighted by atomic mass is 32.2. The van der Waals surface area contributed by atoms with Crippen molar-refractivity contribution in [2.24, 2.45) is 5.92 Å². The Morgan fingerprint density at radius 1 is 0.878 bits per heavy atom. The van der Waals surface area contributed by atoms with E-state index in [2.05, 4.69) is 12.2 Å². The van der Waals surface area contributed by atoms with Crippen molar-refractivity contribution < 1.29 is 34.4 Å². The van der Waals surface area contributed by atoms with Crippen LogP contribution in [0, 0.1) is 5.92 Å². The highest BCUT2D eigenvalue weighted by Crippen LogP contribution is 2.42. The van der Waals surface area contributed by atoms with Crippen LogP contribution in [0.5, 0.6) is 0 Å². The smallest absolute Gasteiger partial charge is 0.303 e. The van der Waals surface area contributed by atoms with Gasteiger partial charge in [-0.1, -0.05) is 73.7 Å². The fourth-order valence-electron chi connectivity index (χ4n) is 4.78. The van der Waals surface area contributed by atoms with E-state index >= 15 is 0 Å². The van der Waals surface area contributed by atoms with Crippen molar-refractivity contribution in [1.82, 2.24) is 5.32 Å². The minimum absolute atomic E-state index is 0.00972. The zero-order valence-electron chi connectivity index (χ0n) is 23.1. The maximum absolute atomic E-state index is 11.9. The Hall–Kier alpha value is -3.21. The molecule has 3 aromatic carbocycles. The number of aliphatic carboxylic acids is 1. The SMILES string of the molecule is C[C@H]1[C@@H](CSCCO)O[C@@H](c2ccc(-c3cccc(CNC(=O)CCC(=O)O)c3)cc2)O[C@H]1c1ccc(CO)cc1. The van der Waals surface area contributed by atoms with Crippen molar-refractivity contribution in [2.75, 3.05) is 18.1 Å². The highest BCUT2D eigenvalue weighted by Gasteiger charge is 2.38. The van der Waals surface area contributed by atoms with Crippen LogP contribution in [0.15, 0.2) is 72.8 Å². The van der Waals surface area contributed by atoms with Crippen molar-refractivity contribution >= 4 is 23.6 Å². The summed E-state index contributed by atoms with van der Waals surface area (Å²) in [5.74, 6) is 0.189. The third-order valence-electron chi connectivity index (χ3n) is 7.14. The first-order valence-corrected chi connectivity index (χ1v) is 14.9. The van der Waals surface area contributed by atoms with Crippen LogP contribution in [-0.2, 0) is 32.2 Å². The molecule has 4 N–H and O–H groups in total. The van der Waals surface area contributed by atoms with Crippen LogP contribution < -0.4 is 5.32 Å². The summed E-state index contributed by atoms with van der Waals surface area (Å²) in [6.07, 6.45) is -1.06. The lowest BCUT2D eigenvalue weighted by atomic mass is 9.91. The quantitative estimate of drug-likeness (QED) is 0.212. The number of aliphatic hydroxyl groups is 2. The summed E-state index contributed by atoms with van der Waals surface area (Å²) in [6, 6.07) is 23.7. The summed E-state index contributed by atoms with van der Waals surface area (Å²) in [7, 11) is 0. The van der Waals surface area contributed by atoms with E-state index in [1.807, 2.05) is 72.8 Å². The minimum atomic E-state index is -0.993. The van der Waals surface area contributed by atoms with Crippen LogP contribution >= 0.6 is 11.8 Å². The summed E-state index contributed by atoms with van der Waals surface area (Å²) in [5, 5.41) is 30.2. The van der Waals surface area contributed by atoms with Crippen molar-refractivity contribution in [2.45, 2.75) is 51.4 Å². The molecule has 1 heterocycles. The number of amides is 1. The van der Waals surface area contributed by atoms with E-state index in [9.17, 15) is 19.8 Å². The minimum Gasteiger partial charge on any atom is -0.481 e. The molecule has 41 heavy (non-hydrogen) atoms. The van der Waals surface area contributed by atoms with Crippen molar-refractivity contribution in [1.29, 1.82) is 0 Å².